The van der Waals surface area contributed by atoms with E-state index in [0.29, 0.717) is 0 Å². The number of amides is 1. The molecule has 14 N–H and O–H groups in total. The number of carbonyl (C=O) groups excluding carboxylic acids is 1. The van der Waals surface area contributed by atoms with Crippen LogP contribution in [0.25, 0.3) is 0 Å². The van der Waals surface area contributed by atoms with Crippen molar-refractivity contribution in [3.05, 3.63) is 0 Å². The highest BCUT2D eigenvalue weighted by Crippen LogP contribution is 2.05. The van der Waals surface area contributed by atoms with Gasteiger partial charge in [0, 0.05) is 0 Å². The van der Waals surface area contributed by atoms with E-state index in [1.807, 2.05) is 0 Å². The highest BCUT2D eigenvalue weighted by molar-refractivity contribution is 5.85. The maximum atomic E-state index is 10.7. The minimum absolute atomic E-state index is 1.08. The van der Waals surface area contributed by atoms with Gasteiger partial charge in [0.05, 0.1) is 6.17 Å². The molecule has 8 heteroatoms. The van der Waals surface area contributed by atoms with Gasteiger partial charge in [-0.05, 0) is 0 Å². The third kappa shape index (κ3) is 1.53. The van der Waals surface area contributed by atoms with Crippen molar-refractivity contribution in [1.29, 1.82) is 0 Å². The summed E-state index contributed by atoms with van der Waals surface area (Å²) in [7, 11) is 0. The van der Waals surface area contributed by atoms with Gasteiger partial charge in [-0.15, -0.1) is 0 Å². The van der Waals surface area contributed by atoms with E-state index in [9.17, 15) is 4.79 Å². The first-order valence-electron chi connectivity index (χ1n) is 3.10. The average molecular weight is 177 g/mol. The maximum Gasteiger partial charge on any atom is 0.255 e. The molecule has 0 aliphatic heterocycles. The Labute approximate surface area is 69.4 Å². The van der Waals surface area contributed by atoms with Crippen LogP contribution in [0.1, 0.15) is 0 Å². The Morgan fingerprint density at radius 2 is 1.42 bits per heavy atom. The fourth-order valence-corrected chi connectivity index (χ4v) is 0.489. The molecule has 0 spiro atoms. The maximum absolute atomic E-state index is 10.7. The zero-order valence-electron chi connectivity index (χ0n) is 6.53. The van der Waals surface area contributed by atoms with E-state index < -0.39 is 23.4 Å². The molecule has 0 aliphatic rings. The Balaban J connectivity index is 4.88. The Morgan fingerprint density at radius 3 is 1.50 bits per heavy atom. The minimum atomic E-state index is -2.14. The van der Waals surface area contributed by atoms with E-state index in [0.717, 1.165) is 0 Å². The summed E-state index contributed by atoms with van der Waals surface area (Å²) in [6.45, 7) is 0. The van der Waals surface area contributed by atoms with Gasteiger partial charge in [-0.2, -0.15) is 0 Å². The highest BCUT2D eigenvalue weighted by atomic mass is 16.2. The molecular weight excluding hydrogens is 162 g/mol. The van der Waals surface area contributed by atoms with Crippen LogP contribution in [0.3, 0.4) is 0 Å². The number of rotatable bonds is 3. The van der Waals surface area contributed by atoms with Crippen LogP contribution in [0.15, 0.2) is 0 Å². The van der Waals surface area contributed by atoms with Gasteiger partial charge in [0.25, 0.3) is 5.91 Å². The number of hydrogen-bond donors (Lipinski definition) is 7. The standard InChI is InChI=1S/C4H15N7O/c5-1(6)3(8,9)4(10,11)2(7)12/h1H,5-6,8-11H2,(H2,7,12). The Kier molecular flexibility index (Phi) is 2.75. The van der Waals surface area contributed by atoms with Crippen LogP contribution in [0.4, 0.5) is 0 Å². The summed E-state index contributed by atoms with van der Waals surface area (Å²) in [6, 6.07) is 0. The third-order valence-corrected chi connectivity index (χ3v) is 1.68. The Bertz CT molecular complexity index is 186. The zero-order chi connectivity index (χ0) is 10.2. The van der Waals surface area contributed by atoms with Crippen LogP contribution in [-0.2, 0) is 4.79 Å². The van der Waals surface area contributed by atoms with Gasteiger partial charge in [0.15, 0.2) is 5.66 Å². The molecule has 0 bridgehead atoms. The first kappa shape index (κ1) is 11.2. The van der Waals surface area contributed by atoms with Gasteiger partial charge in [-0.25, -0.2) is 0 Å². The summed E-state index contributed by atoms with van der Waals surface area (Å²) in [5, 5.41) is 0. The van der Waals surface area contributed by atoms with E-state index in [1.54, 1.807) is 0 Å². The second kappa shape index (κ2) is 2.94. The van der Waals surface area contributed by atoms with E-state index in [-0.39, 0.29) is 0 Å². The summed E-state index contributed by atoms with van der Waals surface area (Å²) in [4.78, 5) is 10.7. The fourth-order valence-electron chi connectivity index (χ4n) is 0.489. The normalized spacial score (nSPS) is 13.6. The minimum Gasteiger partial charge on any atom is -0.367 e. The van der Waals surface area contributed by atoms with Crippen molar-refractivity contribution in [2.24, 2.45) is 40.1 Å². The number of primary amides is 1. The molecule has 0 saturated heterocycles. The molecule has 0 rings (SSSR count). The molecule has 8 nitrogen and oxygen atoms in total. The smallest absolute Gasteiger partial charge is 0.255 e. The van der Waals surface area contributed by atoms with Crippen molar-refractivity contribution in [3.63, 3.8) is 0 Å². The van der Waals surface area contributed by atoms with E-state index in [1.165, 1.54) is 0 Å². The van der Waals surface area contributed by atoms with E-state index in [4.69, 9.17) is 40.1 Å². The predicted molar refractivity (Wildman–Crippen MR) is 43.6 cm³/mol. The first-order valence-corrected chi connectivity index (χ1v) is 3.10. The van der Waals surface area contributed by atoms with E-state index in [2.05, 4.69) is 0 Å². The van der Waals surface area contributed by atoms with Gasteiger partial charge in [0.2, 0.25) is 0 Å². The summed E-state index contributed by atoms with van der Waals surface area (Å²) in [5.74, 6) is -1.08. The van der Waals surface area contributed by atoms with Crippen LogP contribution in [-0.4, -0.2) is 23.4 Å². The topological polar surface area (TPSA) is 199 Å². The zero-order valence-corrected chi connectivity index (χ0v) is 6.53. The molecule has 0 aromatic heterocycles. The lowest BCUT2D eigenvalue weighted by Gasteiger charge is -2.39. The Hall–Kier alpha value is -0.770. The highest BCUT2D eigenvalue weighted by Gasteiger charge is 2.48. The van der Waals surface area contributed by atoms with Crippen molar-refractivity contribution in [2.45, 2.75) is 17.5 Å². The number of hydrogen-bond acceptors (Lipinski definition) is 7. The SMILES string of the molecule is NC(=O)C(N)(N)C(N)(N)C(N)N. The molecule has 0 aliphatic carbocycles. The molecule has 12 heavy (non-hydrogen) atoms. The third-order valence-electron chi connectivity index (χ3n) is 1.68. The quantitative estimate of drug-likeness (QED) is 0.209. The fraction of sp³-hybridized carbons (Fsp3) is 0.750. The molecule has 0 saturated carbocycles. The molecule has 0 aromatic carbocycles. The molecule has 0 heterocycles. The van der Waals surface area contributed by atoms with Crippen LogP contribution in [0.5, 0.6) is 0 Å². The second-order valence-corrected chi connectivity index (χ2v) is 2.69. The average Bonchev–Trinajstić information content (AvgIpc) is 1.86. The van der Waals surface area contributed by atoms with Crippen LogP contribution < -0.4 is 40.1 Å². The van der Waals surface area contributed by atoms with Crippen molar-refractivity contribution in [1.82, 2.24) is 0 Å². The summed E-state index contributed by atoms with van der Waals surface area (Å²) in [5.41, 5.74) is 32.2. The van der Waals surface area contributed by atoms with Crippen LogP contribution >= 0.6 is 0 Å². The summed E-state index contributed by atoms with van der Waals surface area (Å²) < 4.78 is 0. The molecule has 0 fully saturated rings. The predicted octanol–water partition coefficient (Wildman–Crippen LogP) is -5.06. The molecule has 0 aromatic rings. The van der Waals surface area contributed by atoms with Gasteiger partial charge >= 0.3 is 0 Å². The first-order chi connectivity index (χ1) is 5.14. The molecule has 0 radical (unpaired) electrons. The van der Waals surface area contributed by atoms with Gasteiger partial charge in [-0.1, -0.05) is 0 Å². The van der Waals surface area contributed by atoms with Gasteiger partial charge < -0.3 is 40.1 Å². The second-order valence-electron chi connectivity index (χ2n) is 2.69. The van der Waals surface area contributed by atoms with Gasteiger partial charge in [0.1, 0.15) is 5.66 Å². The van der Waals surface area contributed by atoms with Crippen molar-refractivity contribution in [2.75, 3.05) is 0 Å². The van der Waals surface area contributed by atoms with Gasteiger partial charge in [-0.3, -0.25) is 4.79 Å². The molecule has 0 unspecified atom stereocenters. The van der Waals surface area contributed by atoms with Crippen molar-refractivity contribution in [3.8, 4) is 0 Å². The summed E-state index contributed by atoms with van der Waals surface area (Å²) >= 11 is 0. The van der Waals surface area contributed by atoms with Crippen molar-refractivity contribution >= 4 is 5.91 Å². The van der Waals surface area contributed by atoms with Crippen molar-refractivity contribution < 1.29 is 4.79 Å². The van der Waals surface area contributed by atoms with Crippen LogP contribution in [0, 0.1) is 0 Å². The molecule has 72 valence electrons. The molecule has 1 amide bonds. The van der Waals surface area contributed by atoms with E-state index >= 15 is 0 Å². The lowest BCUT2D eigenvalue weighted by molar-refractivity contribution is -0.125. The summed E-state index contributed by atoms with van der Waals surface area (Å²) in [6.07, 6.45) is -1.25. The Morgan fingerprint density at radius 1 is 1.08 bits per heavy atom. The lowest BCUT2D eigenvalue weighted by Crippen LogP contribution is -2.87. The van der Waals surface area contributed by atoms with Crippen LogP contribution in [0.2, 0.25) is 0 Å². The largest absolute Gasteiger partial charge is 0.367 e. The monoisotopic (exact) mass is 177 g/mol. The molecule has 0 atom stereocenters. The number of carbonyl (C=O) groups is 1. The molecular formula is C4H15N7O. The lowest BCUT2D eigenvalue weighted by atomic mass is 9.93. The number of nitrogens with two attached hydrogens (primary N) is 7.